The Balaban J connectivity index is 1.54. The molecule has 2 aromatic rings. The quantitative estimate of drug-likeness (QED) is 0.548. The minimum absolute atomic E-state index is 0.0187. The molecular weight excluding hydrogens is 424 g/mol. The van der Waals surface area contributed by atoms with Crippen molar-refractivity contribution in [3.05, 3.63) is 59.6 Å². The Morgan fingerprint density at radius 2 is 1.93 bits per heavy atom. The third kappa shape index (κ3) is 6.45. The van der Waals surface area contributed by atoms with Crippen LogP contribution >= 0.6 is 11.6 Å². The van der Waals surface area contributed by atoms with Crippen molar-refractivity contribution in [2.24, 2.45) is 0 Å². The van der Waals surface area contributed by atoms with Gasteiger partial charge in [0.05, 0.1) is 30.7 Å². The molecule has 0 radical (unpaired) electrons. The van der Waals surface area contributed by atoms with Gasteiger partial charge in [-0.15, -0.1) is 0 Å². The molecule has 6 nitrogen and oxygen atoms in total. The summed E-state index contributed by atoms with van der Waals surface area (Å²) in [4.78, 5) is 16.7. The number of hydrogen-bond donors (Lipinski definition) is 0. The van der Waals surface area contributed by atoms with Crippen molar-refractivity contribution in [1.29, 1.82) is 0 Å². The lowest BCUT2D eigenvalue weighted by atomic mass is 10.1. The highest BCUT2D eigenvalue weighted by Crippen LogP contribution is 2.24. The summed E-state index contributed by atoms with van der Waals surface area (Å²) < 4.78 is 29.6. The number of benzene rings is 2. The molecule has 1 aliphatic heterocycles. The Morgan fingerprint density at radius 3 is 2.60 bits per heavy atom. The van der Waals surface area contributed by atoms with Crippen LogP contribution in [0, 0.1) is 0 Å². The maximum absolute atomic E-state index is 13.1. The van der Waals surface area contributed by atoms with Gasteiger partial charge in [-0.3, -0.25) is 9.69 Å². The maximum Gasteiger partial charge on any atom is 0.241 e. The first kappa shape index (κ1) is 22.6. The molecule has 3 rings (SSSR count). The van der Waals surface area contributed by atoms with Crippen LogP contribution in [0.1, 0.15) is 12.8 Å². The van der Waals surface area contributed by atoms with Crippen molar-refractivity contribution in [2.45, 2.75) is 18.9 Å². The minimum Gasteiger partial charge on any atom is -0.493 e. The largest absolute Gasteiger partial charge is 0.493 e. The lowest BCUT2D eigenvalue weighted by Gasteiger charge is -2.30. The Bertz CT molecular complexity index is 953. The van der Waals surface area contributed by atoms with Crippen LogP contribution in [0.3, 0.4) is 0 Å². The van der Waals surface area contributed by atoms with Crippen LogP contribution in [0.5, 0.6) is 5.75 Å². The first-order chi connectivity index (χ1) is 14.3. The number of nitrogens with zero attached hydrogens (tertiary/aromatic N) is 2. The van der Waals surface area contributed by atoms with Gasteiger partial charge in [0, 0.05) is 17.3 Å². The average Bonchev–Trinajstić information content (AvgIpc) is 3.05. The number of likely N-dealkylation sites (N-methyl/N-ethyl adjacent to an activating group) is 1. The average molecular weight is 451 g/mol. The summed E-state index contributed by atoms with van der Waals surface area (Å²) in [5, 5.41) is 0.630. The molecule has 1 atom stereocenters. The fraction of sp³-hybridized carbons (Fsp3) is 0.409. The second-order valence-corrected chi connectivity index (χ2v) is 10.2. The van der Waals surface area contributed by atoms with Gasteiger partial charge in [0.15, 0.2) is 9.84 Å². The molecule has 1 amide bonds. The number of halogens is 1. The molecule has 1 heterocycles. The summed E-state index contributed by atoms with van der Waals surface area (Å²) in [7, 11) is -1.21. The van der Waals surface area contributed by atoms with Gasteiger partial charge in [-0.25, -0.2) is 8.42 Å². The molecule has 162 valence electrons. The van der Waals surface area contributed by atoms with Crippen LogP contribution < -0.4 is 9.64 Å². The number of amides is 1. The van der Waals surface area contributed by atoms with Gasteiger partial charge < -0.3 is 9.64 Å². The molecule has 1 saturated heterocycles. The molecule has 0 bridgehead atoms. The summed E-state index contributed by atoms with van der Waals surface area (Å²) in [5.41, 5.74) is 0.738. The van der Waals surface area contributed by atoms with E-state index in [1.165, 1.54) is 0 Å². The van der Waals surface area contributed by atoms with E-state index in [9.17, 15) is 13.2 Å². The van der Waals surface area contributed by atoms with Crippen LogP contribution in [-0.4, -0.2) is 63.5 Å². The molecule has 2 aromatic carbocycles. The van der Waals surface area contributed by atoms with Crippen LogP contribution in [0.15, 0.2) is 54.6 Å². The SMILES string of the molecule is CN(CCCOc1cccc(Cl)c1)CC(=O)N(c1ccccc1)C1CCS(=O)(=O)C1. The standard InChI is InChI=1S/C22H27ClN2O4S/c1-24(12-6-13-29-21-10-5-7-18(23)15-21)16-22(26)25(19-8-3-2-4-9-19)20-11-14-30(27,28)17-20/h2-5,7-10,15,20H,6,11-14,16-17H2,1H3. The van der Waals surface area contributed by atoms with Crippen LogP contribution in [0.2, 0.25) is 5.02 Å². The lowest BCUT2D eigenvalue weighted by Crippen LogP contribution is -2.46. The summed E-state index contributed by atoms with van der Waals surface area (Å²) in [6.07, 6.45) is 1.22. The summed E-state index contributed by atoms with van der Waals surface area (Å²) in [6, 6.07) is 16.2. The predicted octanol–water partition coefficient (Wildman–Crippen LogP) is 3.26. The number of ether oxygens (including phenoxy) is 1. The third-order valence-corrected chi connectivity index (χ3v) is 7.02. The number of hydrogen-bond acceptors (Lipinski definition) is 5. The number of anilines is 1. The summed E-state index contributed by atoms with van der Waals surface area (Å²) in [6.45, 7) is 1.41. The van der Waals surface area contributed by atoms with Crippen molar-refractivity contribution in [2.75, 3.05) is 43.1 Å². The van der Waals surface area contributed by atoms with Crippen molar-refractivity contribution in [3.8, 4) is 5.75 Å². The smallest absolute Gasteiger partial charge is 0.241 e. The van der Waals surface area contributed by atoms with Crippen LogP contribution in [0.4, 0.5) is 5.69 Å². The number of sulfone groups is 1. The highest BCUT2D eigenvalue weighted by atomic mass is 35.5. The molecule has 1 fully saturated rings. The number of para-hydroxylation sites is 1. The highest BCUT2D eigenvalue weighted by molar-refractivity contribution is 7.91. The Labute approximate surface area is 183 Å². The molecular formula is C22H27ClN2O4S. The van der Waals surface area contributed by atoms with Crippen molar-refractivity contribution in [1.82, 2.24) is 4.90 Å². The molecule has 0 aliphatic carbocycles. The molecule has 1 unspecified atom stereocenters. The Hall–Kier alpha value is -2.09. The normalized spacial score (nSPS) is 17.8. The van der Waals surface area contributed by atoms with Gasteiger partial charge in [0.2, 0.25) is 5.91 Å². The molecule has 0 spiro atoms. The maximum atomic E-state index is 13.1. The zero-order chi connectivity index (χ0) is 21.6. The molecule has 30 heavy (non-hydrogen) atoms. The van der Waals surface area contributed by atoms with Crippen molar-refractivity contribution < 1.29 is 17.9 Å². The van der Waals surface area contributed by atoms with E-state index in [0.717, 1.165) is 17.9 Å². The van der Waals surface area contributed by atoms with E-state index in [1.54, 1.807) is 17.0 Å². The van der Waals surface area contributed by atoms with E-state index in [4.69, 9.17) is 16.3 Å². The fourth-order valence-electron chi connectivity index (χ4n) is 3.59. The van der Waals surface area contributed by atoms with E-state index < -0.39 is 9.84 Å². The number of rotatable bonds is 9. The Morgan fingerprint density at radius 1 is 1.17 bits per heavy atom. The van der Waals surface area contributed by atoms with Crippen molar-refractivity contribution in [3.63, 3.8) is 0 Å². The predicted molar refractivity (Wildman–Crippen MR) is 120 cm³/mol. The Kier molecular flexibility index (Phi) is 7.75. The van der Waals surface area contributed by atoms with Gasteiger partial charge in [-0.1, -0.05) is 35.9 Å². The summed E-state index contributed by atoms with van der Waals surface area (Å²) >= 11 is 5.95. The molecule has 8 heteroatoms. The van der Waals surface area contributed by atoms with Crippen molar-refractivity contribution >= 4 is 33.0 Å². The minimum atomic E-state index is -3.09. The van der Waals surface area contributed by atoms with E-state index in [1.807, 2.05) is 54.4 Å². The molecule has 0 saturated carbocycles. The van der Waals surface area contributed by atoms with Crippen LogP contribution in [-0.2, 0) is 14.6 Å². The van der Waals surface area contributed by atoms with E-state index >= 15 is 0 Å². The second kappa shape index (κ2) is 10.3. The van der Waals surface area contributed by atoms with Gasteiger partial charge in [-0.2, -0.15) is 0 Å². The summed E-state index contributed by atoms with van der Waals surface area (Å²) in [5.74, 6) is 0.774. The fourth-order valence-corrected chi connectivity index (χ4v) is 5.47. The topological polar surface area (TPSA) is 66.9 Å². The zero-order valence-corrected chi connectivity index (χ0v) is 18.6. The molecule has 0 aromatic heterocycles. The second-order valence-electron chi connectivity index (χ2n) is 7.55. The van der Waals surface area contributed by atoms with Crippen LogP contribution in [0.25, 0.3) is 0 Å². The molecule has 1 aliphatic rings. The first-order valence-corrected chi connectivity index (χ1v) is 12.2. The lowest BCUT2D eigenvalue weighted by molar-refractivity contribution is -0.119. The highest BCUT2D eigenvalue weighted by Gasteiger charge is 2.35. The van der Waals surface area contributed by atoms with E-state index in [-0.39, 0.29) is 30.0 Å². The van der Waals surface area contributed by atoms with E-state index in [0.29, 0.717) is 24.6 Å². The van der Waals surface area contributed by atoms with Gasteiger partial charge in [0.1, 0.15) is 5.75 Å². The number of carbonyl (C=O) groups is 1. The van der Waals surface area contributed by atoms with Gasteiger partial charge in [0.25, 0.3) is 0 Å². The number of carbonyl (C=O) groups excluding carboxylic acids is 1. The third-order valence-electron chi connectivity index (χ3n) is 5.03. The molecule has 0 N–H and O–H groups in total. The van der Waals surface area contributed by atoms with Gasteiger partial charge in [-0.05, 0) is 50.2 Å². The van der Waals surface area contributed by atoms with Gasteiger partial charge >= 0.3 is 0 Å². The zero-order valence-electron chi connectivity index (χ0n) is 17.0. The first-order valence-electron chi connectivity index (χ1n) is 9.98. The monoisotopic (exact) mass is 450 g/mol. The van der Waals surface area contributed by atoms with E-state index in [2.05, 4.69) is 0 Å².